The van der Waals surface area contributed by atoms with Gasteiger partial charge < -0.3 is 14.2 Å². The van der Waals surface area contributed by atoms with Crippen molar-refractivity contribution in [3.8, 4) is 0 Å². The molecule has 2 amide bonds. The van der Waals surface area contributed by atoms with Gasteiger partial charge in [-0.3, -0.25) is 9.59 Å². The molecular weight excluding hydrogens is 362 g/mol. The van der Waals surface area contributed by atoms with E-state index >= 15 is 0 Å². The van der Waals surface area contributed by atoms with E-state index in [2.05, 4.69) is 18.8 Å². The van der Waals surface area contributed by atoms with E-state index in [-0.39, 0.29) is 17.2 Å². The molecule has 4 heterocycles. The lowest BCUT2D eigenvalue weighted by Crippen LogP contribution is -2.35. The van der Waals surface area contributed by atoms with Crippen molar-refractivity contribution in [3.05, 3.63) is 39.7 Å². The maximum atomic E-state index is 12.8. The van der Waals surface area contributed by atoms with Crippen LogP contribution in [0.4, 0.5) is 0 Å². The molecule has 2 aliphatic heterocycles. The monoisotopic (exact) mass is 387 g/mol. The van der Waals surface area contributed by atoms with Crippen molar-refractivity contribution in [2.75, 3.05) is 26.2 Å². The predicted octanol–water partition coefficient (Wildman–Crippen LogP) is 3.55. The number of hydrogen-bond acceptors (Lipinski definition) is 5. The van der Waals surface area contributed by atoms with Gasteiger partial charge in [-0.05, 0) is 31.9 Å². The van der Waals surface area contributed by atoms with Crippen LogP contribution in [-0.2, 0) is 0 Å². The lowest BCUT2D eigenvalue weighted by Gasteiger charge is -2.24. The Labute approximate surface area is 163 Å². The zero-order chi connectivity index (χ0) is 19.2. The lowest BCUT2D eigenvalue weighted by atomic mass is 9.86. The van der Waals surface area contributed by atoms with Crippen molar-refractivity contribution in [1.82, 2.24) is 14.8 Å². The number of furan rings is 1. The Morgan fingerprint density at radius 2 is 1.81 bits per heavy atom. The van der Waals surface area contributed by atoms with Crippen molar-refractivity contribution >= 4 is 23.2 Å². The van der Waals surface area contributed by atoms with Gasteiger partial charge in [-0.25, -0.2) is 4.98 Å². The Balaban J connectivity index is 1.41. The molecule has 1 atom stereocenters. The first kappa shape index (κ1) is 18.2. The molecule has 2 aliphatic rings. The van der Waals surface area contributed by atoms with Crippen LogP contribution in [0.25, 0.3) is 0 Å². The summed E-state index contributed by atoms with van der Waals surface area (Å²) in [6.45, 7) is 8.84. The van der Waals surface area contributed by atoms with E-state index < -0.39 is 0 Å². The minimum Gasteiger partial charge on any atom is -0.456 e. The minimum absolute atomic E-state index is 0.00383. The van der Waals surface area contributed by atoms with Gasteiger partial charge in [0.1, 0.15) is 11.5 Å². The zero-order valence-electron chi connectivity index (χ0n) is 16.0. The average molecular weight is 388 g/mol. The van der Waals surface area contributed by atoms with Crippen molar-refractivity contribution in [2.24, 2.45) is 5.41 Å². The van der Waals surface area contributed by atoms with Crippen LogP contribution in [0.2, 0.25) is 0 Å². The summed E-state index contributed by atoms with van der Waals surface area (Å²) in [6, 6.07) is 3.55. The molecule has 4 rings (SSSR count). The first-order chi connectivity index (χ1) is 12.9. The van der Waals surface area contributed by atoms with E-state index in [9.17, 15) is 9.59 Å². The number of hydrogen-bond donors (Lipinski definition) is 0. The third-order valence-electron chi connectivity index (χ3n) is 5.64. The fourth-order valence-electron chi connectivity index (χ4n) is 4.07. The summed E-state index contributed by atoms with van der Waals surface area (Å²) in [5.74, 6) is 1.45. The quantitative estimate of drug-likeness (QED) is 0.808. The van der Waals surface area contributed by atoms with Gasteiger partial charge in [-0.15, -0.1) is 11.3 Å². The molecule has 2 fully saturated rings. The van der Waals surface area contributed by atoms with Gasteiger partial charge in [0.15, 0.2) is 5.76 Å². The highest BCUT2D eigenvalue weighted by atomic mass is 32.1. The molecule has 6 nitrogen and oxygen atoms in total. The predicted molar refractivity (Wildman–Crippen MR) is 103 cm³/mol. The number of carbonyl (C=O) groups is 2. The second-order valence-electron chi connectivity index (χ2n) is 8.09. The maximum absolute atomic E-state index is 12.8. The highest BCUT2D eigenvalue weighted by Gasteiger charge is 2.46. The summed E-state index contributed by atoms with van der Waals surface area (Å²) < 4.78 is 5.48. The lowest BCUT2D eigenvalue weighted by molar-refractivity contribution is 0.0731. The summed E-state index contributed by atoms with van der Waals surface area (Å²) in [6.07, 6.45) is 1.86. The second kappa shape index (κ2) is 6.78. The number of rotatable bonds is 3. The average Bonchev–Trinajstić information content (AvgIpc) is 3.41. The summed E-state index contributed by atoms with van der Waals surface area (Å²) in [4.78, 5) is 33.8. The van der Waals surface area contributed by atoms with E-state index in [0.717, 1.165) is 36.7 Å². The number of nitrogens with zero attached hydrogens (tertiary/aromatic N) is 3. The first-order valence-electron chi connectivity index (χ1n) is 9.47. The molecule has 0 bridgehead atoms. The summed E-state index contributed by atoms with van der Waals surface area (Å²) >= 11 is 1.55. The van der Waals surface area contributed by atoms with Crippen LogP contribution in [-0.4, -0.2) is 52.8 Å². The fourth-order valence-corrected chi connectivity index (χ4v) is 4.88. The Bertz CT molecular complexity index is 871. The van der Waals surface area contributed by atoms with Crippen LogP contribution in [0.5, 0.6) is 0 Å². The van der Waals surface area contributed by atoms with Crippen molar-refractivity contribution in [3.63, 3.8) is 0 Å². The van der Waals surface area contributed by atoms with Crippen LogP contribution in [0.3, 0.4) is 0 Å². The zero-order valence-corrected chi connectivity index (χ0v) is 16.8. The summed E-state index contributed by atoms with van der Waals surface area (Å²) in [5.41, 5.74) is 0.557. The van der Waals surface area contributed by atoms with E-state index in [1.807, 2.05) is 28.2 Å². The third kappa shape index (κ3) is 3.40. The van der Waals surface area contributed by atoms with E-state index in [1.165, 1.54) is 0 Å². The molecule has 0 radical (unpaired) electrons. The number of thiazole rings is 1. The fraction of sp³-hybridized carbons (Fsp3) is 0.550. The Morgan fingerprint density at radius 3 is 2.37 bits per heavy atom. The van der Waals surface area contributed by atoms with Gasteiger partial charge in [0, 0.05) is 42.9 Å². The topological polar surface area (TPSA) is 66.7 Å². The molecule has 144 valence electrons. The Morgan fingerprint density at radius 1 is 1.15 bits per heavy atom. The van der Waals surface area contributed by atoms with E-state index in [0.29, 0.717) is 30.5 Å². The largest absolute Gasteiger partial charge is 0.456 e. The van der Waals surface area contributed by atoms with Gasteiger partial charge >= 0.3 is 0 Å². The van der Waals surface area contributed by atoms with Gasteiger partial charge in [0.25, 0.3) is 11.8 Å². The number of amides is 2. The number of carbonyl (C=O) groups excluding carboxylic acids is 2. The molecule has 2 aromatic rings. The maximum Gasteiger partial charge on any atom is 0.289 e. The van der Waals surface area contributed by atoms with Gasteiger partial charge in [0.05, 0.1) is 5.01 Å². The number of likely N-dealkylation sites (tertiary alicyclic amines) is 2. The molecule has 2 aromatic heterocycles. The Kier molecular flexibility index (Phi) is 4.58. The van der Waals surface area contributed by atoms with Gasteiger partial charge in [-0.1, -0.05) is 13.8 Å². The molecule has 7 heteroatoms. The van der Waals surface area contributed by atoms with E-state index in [1.54, 1.807) is 17.4 Å². The molecule has 27 heavy (non-hydrogen) atoms. The number of aromatic nitrogens is 1. The van der Waals surface area contributed by atoms with Gasteiger partial charge in [0.2, 0.25) is 0 Å². The summed E-state index contributed by atoms with van der Waals surface area (Å²) in [5, 5.41) is 2.87. The van der Waals surface area contributed by atoms with Gasteiger partial charge in [-0.2, -0.15) is 0 Å². The standard InChI is InChI=1S/C20H25N3O3S/c1-13(2)17-21-15(10-27-17)18(24)22-8-6-20(11-22)7-9-23(12-20)19(25)16-5-4-14(3)26-16/h4-5,10,13H,6-9,11-12H2,1-3H3. The molecule has 1 spiro atoms. The third-order valence-corrected chi connectivity index (χ3v) is 6.78. The molecule has 0 aliphatic carbocycles. The molecule has 1 unspecified atom stereocenters. The highest BCUT2D eigenvalue weighted by molar-refractivity contribution is 7.09. The molecule has 0 aromatic carbocycles. The van der Waals surface area contributed by atoms with Crippen LogP contribution >= 0.6 is 11.3 Å². The first-order valence-corrected chi connectivity index (χ1v) is 10.4. The molecule has 0 saturated carbocycles. The van der Waals surface area contributed by atoms with Crippen LogP contribution < -0.4 is 0 Å². The molecule has 2 saturated heterocycles. The SMILES string of the molecule is Cc1ccc(C(=O)N2CCC3(CCN(C(=O)c4csc(C(C)C)n4)C3)C2)o1. The summed E-state index contributed by atoms with van der Waals surface area (Å²) in [7, 11) is 0. The Hall–Kier alpha value is -2.15. The van der Waals surface area contributed by atoms with Crippen molar-refractivity contribution < 1.29 is 14.0 Å². The van der Waals surface area contributed by atoms with Crippen molar-refractivity contribution in [1.29, 1.82) is 0 Å². The van der Waals surface area contributed by atoms with Crippen LogP contribution in [0.15, 0.2) is 21.9 Å². The van der Waals surface area contributed by atoms with E-state index in [4.69, 9.17) is 4.42 Å². The molecular formula is C20H25N3O3S. The minimum atomic E-state index is -0.0502. The smallest absolute Gasteiger partial charge is 0.289 e. The normalized spacial score (nSPS) is 22.4. The number of aryl methyl sites for hydroxylation is 1. The van der Waals surface area contributed by atoms with Crippen LogP contribution in [0.1, 0.15) is 64.4 Å². The highest BCUT2D eigenvalue weighted by Crippen LogP contribution is 2.40. The van der Waals surface area contributed by atoms with Crippen LogP contribution in [0, 0.1) is 12.3 Å². The second-order valence-corrected chi connectivity index (χ2v) is 8.98. The molecule has 0 N–H and O–H groups in total. The van der Waals surface area contributed by atoms with Crippen molar-refractivity contribution in [2.45, 2.75) is 39.5 Å².